The molecule has 20 heavy (non-hydrogen) atoms. The third-order valence-electron chi connectivity index (χ3n) is 3.18. The number of carbonyl (C=O) groups is 1. The second-order valence-electron chi connectivity index (χ2n) is 4.71. The molecule has 2 aromatic rings. The average Bonchev–Trinajstić information content (AvgIpc) is 3.10. The number of aromatic nitrogens is 1. The fraction of sp³-hybridized carbons (Fsp3) is 0.385. The predicted octanol–water partition coefficient (Wildman–Crippen LogP) is 2.66. The normalized spacial score (nSPS) is 18.7. The van der Waals surface area contributed by atoms with Crippen molar-refractivity contribution in [3.05, 3.63) is 27.5 Å². The van der Waals surface area contributed by atoms with E-state index in [0.29, 0.717) is 25.9 Å². The Kier molecular flexibility index (Phi) is 4.07. The Morgan fingerprint density at radius 1 is 1.55 bits per heavy atom. The van der Waals surface area contributed by atoms with Crippen LogP contribution in [0.3, 0.4) is 0 Å². The van der Waals surface area contributed by atoms with Gasteiger partial charge < -0.3 is 10.0 Å². The molecule has 106 valence electrons. The number of hydrogen-bond donors (Lipinski definition) is 1. The average molecular weight is 329 g/mol. The number of β-amino-alcohol motifs (C(OH)–C–C–N with tert-alkyl or cyclic N) is 1. The van der Waals surface area contributed by atoms with Crippen LogP contribution in [0.4, 0.5) is 0 Å². The number of aliphatic hydroxyl groups excluding tert-OH is 1. The highest BCUT2D eigenvalue weighted by Gasteiger charge is 2.25. The number of halogens is 1. The van der Waals surface area contributed by atoms with Crippen LogP contribution < -0.4 is 0 Å². The van der Waals surface area contributed by atoms with Crippen molar-refractivity contribution in [1.82, 2.24) is 9.88 Å². The molecule has 1 fully saturated rings. The van der Waals surface area contributed by atoms with Gasteiger partial charge in [-0.05, 0) is 18.6 Å². The first-order valence-electron chi connectivity index (χ1n) is 6.28. The van der Waals surface area contributed by atoms with E-state index in [2.05, 4.69) is 4.98 Å². The van der Waals surface area contributed by atoms with Gasteiger partial charge >= 0.3 is 0 Å². The fourth-order valence-corrected chi connectivity index (χ4v) is 4.10. The standard InChI is InChI=1S/C13H13ClN2O2S2/c14-11-2-1-10(20-11)13-15-8(7-19-13)5-12(18)16-4-3-9(17)6-16/h1-2,7,9,17H,3-6H2/t9-/m1/s1. The zero-order chi connectivity index (χ0) is 14.1. The van der Waals surface area contributed by atoms with E-state index in [1.165, 1.54) is 22.7 Å². The summed E-state index contributed by atoms with van der Waals surface area (Å²) in [6, 6.07) is 3.79. The lowest BCUT2D eigenvalue weighted by Crippen LogP contribution is -2.30. The summed E-state index contributed by atoms with van der Waals surface area (Å²) in [5, 5.41) is 12.3. The monoisotopic (exact) mass is 328 g/mol. The van der Waals surface area contributed by atoms with Gasteiger partial charge in [0.2, 0.25) is 5.91 Å². The van der Waals surface area contributed by atoms with Crippen LogP contribution in [0.1, 0.15) is 12.1 Å². The molecule has 0 unspecified atom stereocenters. The Morgan fingerprint density at radius 3 is 3.05 bits per heavy atom. The molecule has 1 amide bonds. The molecular formula is C13H13ClN2O2S2. The number of carbonyl (C=O) groups excluding carboxylic acids is 1. The lowest BCUT2D eigenvalue weighted by molar-refractivity contribution is -0.129. The van der Waals surface area contributed by atoms with Gasteiger partial charge in [-0.25, -0.2) is 4.98 Å². The summed E-state index contributed by atoms with van der Waals surface area (Å²) in [7, 11) is 0. The molecule has 1 saturated heterocycles. The number of likely N-dealkylation sites (tertiary alicyclic amines) is 1. The van der Waals surface area contributed by atoms with Gasteiger partial charge in [-0.2, -0.15) is 0 Å². The minimum atomic E-state index is -0.377. The molecule has 4 nitrogen and oxygen atoms in total. The van der Waals surface area contributed by atoms with E-state index in [1.807, 2.05) is 17.5 Å². The van der Waals surface area contributed by atoms with E-state index in [0.717, 1.165) is 19.9 Å². The maximum Gasteiger partial charge on any atom is 0.228 e. The molecule has 1 aliphatic heterocycles. The van der Waals surface area contributed by atoms with Crippen molar-refractivity contribution in [2.75, 3.05) is 13.1 Å². The van der Waals surface area contributed by atoms with E-state index < -0.39 is 0 Å². The molecular weight excluding hydrogens is 316 g/mol. The second-order valence-corrected chi connectivity index (χ2v) is 7.28. The third-order valence-corrected chi connectivity index (χ3v) is 5.48. The number of thiazole rings is 1. The van der Waals surface area contributed by atoms with Gasteiger partial charge in [0, 0.05) is 18.5 Å². The van der Waals surface area contributed by atoms with Crippen molar-refractivity contribution in [3.63, 3.8) is 0 Å². The van der Waals surface area contributed by atoms with Crippen LogP contribution in [0.25, 0.3) is 9.88 Å². The molecule has 0 aliphatic carbocycles. The van der Waals surface area contributed by atoms with E-state index in [1.54, 1.807) is 4.90 Å². The summed E-state index contributed by atoms with van der Waals surface area (Å²) in [5.74, 6) is 0.0302. The van der Waals surface area contributed by atoms with Crippen LogP contribution in [-0.2, 0) is 11.2 Å². The Hall–Kier alpha value is -0.950. The highest BCUT2D eigenvalue weighted by molar-refractivity contribution is 7.23. The summed E-state index contributed by atoms with van der Waals surface area (Å²) < 4.78 is 0.735. The van der Waals surface area contributed by atoms with Gasteiger partial charge in [-0.3, -0.25) is 4.79 Å². The van der Waals surface area contributed by atoms with Crippen LogP contribution in [0.5, 0.6) is 0 Å². The van der Waals surface area contributed by atoms with Crippen molar-refractivity contribution in [2.45, 2.75) is 18.9 Å². The maximum absolute atomic E-state index is 12.1. The van der Waals surface area contributed by atoms with Crippen molar-refractivity contribution < 1.29 is 9.90 Å². The number of rotatable bonds is 3. The van der Waals surface area contributed by atoms with Gasteiger partial charge in [0.25, 0.3) is 0 Å². The molecule has 2 aromatic heterocycles. The molecule has 1 atom stereocenters. The zero-order valence-electron chi connectivity index (χ0n) is 10.6. The topological polar surface area (TPSA) is 53.4 Å². The van der Waals surface area contributed by atoms with Gasteiger partial charge in [-0.15, -0.1) is 22.7 Å². The molecule has 3 rings (SSSR count). The Bertz CT molecular complexity index is 625. The van der Waals surface area contributed by atoms with E-state index in [9.17, 15) is 9.90 Å². The first-order chi connectivity index (χ1) is 9.61. The largest absolute Gasteiger partial charge is 0.391 e. The summed E-state index contributed by atoms with van der Waals surface area (Å²) in [6.07, 6.45) is 0.586. The molecule has 0 aromatic carbocycles. The Morgan fingerprint density at radius 2 is 2.40 bits per heavy atom. The minimum Gasteiger partial charge on any atom is -0.391 e. The van der Waals surface area contributed by atoms with Crippen LogP contribution in [0.15, 0.2) is 17.5 Å². The highest BCUT2D eigenvalue weighted by atomic mass is 35.5. The number of aliphatic hydroxyl groups is 1. The Balaban J connectivity index is 1.67. The first-order valence-corrected chi connectivity index (χ1v) is 8.35. The lowest BCUT2D eigenvalue weighted by Gasteiger charge is -2.14. The van der Waals surface area contributed by atoms with Crippen LogP contribution in [0, 0.1) is 0 Å². The zero-order valence-corrected chi connectivity index (χ0v) is 13.0. The van der Waals surface area contributed by atoms with Crippen molar-refractivity contribution in [2.24, 2.45) is 0 Å². The SMILES string of the molecule is O=C(Cc1csc(-c2ccc(Cl)s2)n1)N1CC[C@@H](O)C1. The molecule has 1 aliphatic rings. The smallest absolute Gasteiger partial charge is 0.228 e. The lowest BCUT2D eigenvalue weighted by atomic mass is 10.3. The highest BCUT2D eigenvalue weighted by Crippen LogP contribution is 2.33. The van der Waals surface area contributed by atoms with Crippen LogP contribution in [0.2, 0.25) is 4.34 Å². The first kappa shape index (κ1) is 14.0. The van der Waals surface area contributed by atoms with E-state index >= 15 is 0 Å². The number of amides is 1. The molecule has 0 spiro atoms. The molecule has 3 heterocycles. The molecule has 0 bridgehead atoms. The summed E-state index contributed by atoms with van der Waals surface area (Å²) in [5.41, 5.74) is 0.779. The fourth-order valence-electron chi connectivity index (χ4n) is 2.17. The van der Waals surface area contributed by atoms with Gasteiger partial charge in [0.15, 0.2) is 0 Å². The second kappa shape index (κ2) is 5.81. The summed E-state index contributed by atoms with van der Waals surface area (Å²) in [6.45, 7) is 1.08. The quantitative estimate of drug-likeness (QED) is 0.942. The van der Waals surface area contributed by atoms with Crippen molar-refractivity contribution in [1.29, 1.82) is 0 Å². The number of hydrogen-bond acceptors (Lipinski definition) is 5. The molecule has 7 heteroatoms. The van der Waals surface area contributed by atoms with Gasteiger partial charge in [0.05, 0.1) is 27.4 Å². The third kappa shape index (κ3) is 3.03. The summed E-state index contributed by atoms with van der Waals surface area (Å²) >= 11 is 8.92. The van der Waals surface area contributed by atoms with Crippen molar-refractivity contribution >= 4 is 40.2 Å². The predicted molar refractivity (Wildman–Crippen MR) is 81.3 cm³/mol. The van der Waals surface area contributed by atoms with Crippen LogP contribution >= 0.6 is 34.3 Å². The maximum atomic E-state index is 12.1. The van der Waals surface area contributed by atoms with E-state index in [-0.39, 0.29) is 12.0 Å². The molecule has 1 N–H and O–H groups in total. The minimum absolute atomic E-state index is 0.0302. The number of nitrogens with zero attached hydrogens (tertiary/aromatic N) is 2. The van der Waals surface area contributed by atoms with Gasteiger partial charge in [-0.1, -0.05) is 11.6 Å². The van der Waals surface area contributed by atoms with Crippen LogP contribution in [-0.4, -0.2) is 40.1 Å². The van der Waals surface area contributed by atoms with Gasteiger partial charge in [0.1, 0.15) is 5.01 Å². The molecule has 0 radical (unpaired) electrons. The van der Waals surface area contributed by atoms with E-state index in [4.69, 9.17) is 11.6 Å². The number of thiophene rings is 1. The summed E-state index contributed by atoms with van der Waals surface area (Å²) in [4.78, 5) is 19.3. The van der Waals surface area contributed by atoms with Crippen molar-refractivity contribution in [3.8, 4) is 9.88 Å². The Labute approximate surface area is 129 Å². The molecule has 0 saturated carbocycles.